The van der Waals surface area contributed by atoms with E-state index in [0.717, 1.165) is 37.7 Å². The second-order valence-electron chi connectivity index (χ2n) is 6.64. The van der Waals surface area contributed by atoms with Gasteiger partial charge in [0.25, 0.3) is 0 Å². The Bertz CT molecular complexity index is 628. The first-order chi connectivity index (χ1) is 10.3. The highest BCUT2D eigenvalue weighted by Crippen LogP contribution is 2.47. The third-order valence-corrected chi connectivity index (χ3v) is 5.37. The summed E-state index contributed by atoms with van der Waals surface area (Å²) in [6.45, 7) is 4.61. The zero-order valence-corrected chi connectivity index (χ0v) is 12.8. The summed E-state index contributed by atoms with van der Waals surface area (Å²) in [5, 5.41) is 0. The Morgan fingerprint density at radius 3 is 3.00 bits per heavy atom. The maximum Gasteiger partial charge on any atom is 0.163 e. The fraction of sp³-hybridized carbons (Fsp3) is 0.526. The number of benzene rings is 1. The van der Waals surface area contributed by atoms with Crippen LogP contribution in [0.3, 0.4) is 0 Å². The summed E-state index contributed by atoms with van der Waals surface area (Å²) in [5.74, 6) is 0.385. The van der Waals surface area contributed by atoms with Crippen molar-refractivity contribution in [3.63, 3.8) is 0 Å². The summed E-state index contributed by atoms with van der Waals surface area (Å²) in [6.07, 6.45) is 6.35. The molecular weight excluding hydrogens is 258 g/mol. The average Bonchev–Trinajstić information content (AvgIpc) is 2.50. The molecule has 0 saturated carbocycles. The Kier molecular flexibility index (Phi) is 3.22. The third-order valence-electron chi connectivity index (χ3n) is 5.37. The van der Waals surface area contributed by atoms with Gasteiger partial charge < -0.3 is 0 Å². The van der Waals surface area contributed by atoms with E-state index in [-0.39, 0.29) is 0 Å². The van der Waals surface area contributed by atoms with E-state index >= 15 is 0 Å². The van der Waals surface area contributed by atoms with Gasteiger partial charge in [-0.05, 0) is 55.3 Å². The first-order valence-corrected chi connectivity index (χ1v) is 8.41. The molecule has 2 nitrogen and oxygen atoms in total. The van der Waals surface area contributed by atoms with Crippen LogP contribution >= 0.6 is 0 Å². The molecule has 4 rings (SSSR count). The molecule has 0 radical (unpaired) electrons. The molecule has 0 bridgehead atoms. The van der Waals surface area contributed by atoms with Crippen LogP contribution in [0.1, 0.15) is 61.8 Å². The molecule has 21 heavy (non-hydrogen) atoms. The van der Waals surface area contributed by atoms with Crippen LogP contribution in [0.2, 0.25) is 0 Å². The molecule has 3 aliphatic rings. The highest BCUT2D eigenvalue weighted by molar-refractivity contribution is 6.23. The Labute approximate surface area is 126 Å². The van der Waals surface area contributed by atoms with Crippen LogP contribution < -0.4 is 0 Å². The number of allylic oxidation sites excluding steroid dienone is 1. The molecule has 2 heteroatoms. The van der Waals surface area contributed by atoms with Gasteiger partial charge >= 0.3 is 0 Å². The van der Waals surface area contributed by atoms with E-state index in [9.17, 15) is 4.79 Å². The monoisotopic (exact) mass is 281 g/mol. The quantitative estimate of drug-likeness (QED) is 0.819. The van der Waals surface area contributed by atoms with Crippen LogP contribution in [0, 0.1) is 0 Å². The zero-order valence-electron chi connectivity index (χ0n) is 12.8. The Morgan fingerprint density at radius 1 is 1.24 bits per heavy atom. The van der Waals surface area contributed by atoms with Crippen molar-refractivity contribution in [2.24, 2.45) is 0 Å². The van der Waals surface area contributed by atoms with E-state index in [0.29, 0.717) is 11.8 Å². The first-order valence-electron chi connectivity index (χ1n) is 8.41. The van der Waals surface area contributed by atoms with Gasteiger partial charge in [-0.2, -0.15) is 0 Å². The number of carbonyl (C=O) groups excluding carboxylic acids is 1. The summed E-state index contributed by atoms with van der Waals surface area (Å²) in [7, 11) is 0. The van der Waals surface area contributed by atoms with Gasteiger partial charge in [-0.15, -0.1) is 0 Å². The fourth-order valence-corrected chi connectivity index (χ4v) is 4.52. The average molecular weight is 281 g/mol. The highest BCUT2D eigenvalue weighted by atomic mass is 16.1. The van der Waals surface area contributed by atoms with Gasteiger partial charge in [0.05, 0.1) is 0 Å². The van der Waals surface area contributed by atoms with Crippen molar-refractivity contribution in [3.8, 4) is 0 Å². The lowest BCUT2D eigenvalue weighted by atomic mass is 9.72. The van der Waals surface area contributed by atoms with E-state index in [1.54, 1.807) is 0 Å². The lowest BCUT2D eigenvalue weighted by Crippen LogP contribution is -2.39. The van der Waals surface area contributed by atoms with Crippen molar-refractivity contribution in [1.29, 1.82) is 0 Å². The molecule has 110 valence electrons. The number of hydrogen-bond acceptors (Lipinski definition) is 2. The topological polar surface area (TPSA) is 20.3 Å². The minimum atomic E-state index is 0.385. The van der Waals surface area contributed by atoms with Crippen LogP contribution in [0.25, 0.3) is 5.57 Å². The first kappa shape index (κ1) is 13.3. The van der Waals surface area contributed by atoms with E-state index in [2.05, 4.69) is 30.0 Å². The number of rotatable bonds is 2. The predicted octanol–water partition coefficient (Wildman–Crippen LogP) is 3.91. The second kappa shape index (κ2) is 5.10. The summed E-state index contributed by atoms with van der Waals surface area (Å²) >= 11 is 0. The molecule has 0 amide bonds. The number of fused-ring (bicyclic) bond motifs is 1. The molecule has 1 aromatic rings. The smallest absolute Gasteiger partial charge is 0.163 e. The molecule has 0 saturated heterocycles. The molecule has 1 heterocycles. The van der Waals surface area contributed by atoms with Crippen molar-refractivity contribution in [2.75, 3.05) is 13.1 Å². The van der Waals surface area contributed by atoms with Gasteiger partial charge in [-0.25, -0.2) is 0 Å². The van der Waals surface area contributed by atoms with Crippen molar-refractivity contribution >= 4 is 11.4 Å². The van der Waals surface area contributed by atoms with Crippen LogP contribution in [-0.4, -0.2) is 23.8 Å². The molecule has 1 unspecified atom stereocenters. The van der Waals surface area contributed by atoms with Crippen LogP contribution in [0.5, 0.6) is 0 Å². The highest BCUT2D eigenvalue weighted by Gasteiger charge is 2.37. The fourth-order valence-electron chi connectivity index (χ4n) is 4.52. The minimum Gasteiger partial charge on any atom is -0.296 e. The maximum absolute atomic E-state index is 12.5. The second-order valence-corrected chi connectivity index (χ2v) is 6.64. The molecule has 2 aliphatic carbocycles. The standard InChI is InChI=1S/C19H23NO/c1-2-10-20-11-9-13-5-3-7-15-18(13)16(20)12-14-6-4-8-17(21)19(14)15/h3,5,7,16H,2,4,6,8-12H2,1H3. The van der Waals surface area contributed by atoms with E-state index < -0.39 is 0 Å². The van der Waals surface area contributed by atoms with Crippen molar-refractivity contribution in [3.05, 3.63) is 40.5 Å². The molecule has 0 fully saturated rings. The van der Waals surface area contributed by atoms with Gasteiger partial charge in [0.1, 0.15) is 0 Å². The van der Waals surface area contributed by atoms with Gasteiger partial charge in [0.15, 0.2) is 5.78 Å². The number of nitrogens with zero attached hydrogens (tertiary/aromatic N) is 1. The Morgan fingerprint density at radius 2 is 2.14 bits per heavy atom. The Hall–Kier alpha value is -1.41. The lowest BCUT2D eigenvalue weighted by Gasteiger charge is -2.43. The van der Waals surface area contributed by atoms with E-state index in [4.69, 9.17) is 0 Å². The molecule has 1 atom stereocenters. The summed E-state index contributed by atoms with van der Waals surface area (Å²) < 4.78 is 0. The van der Waals surface area contributed by atoms with Crippen LogP contribution in [0.4, 0.5) is 0 Å². The van der Waals surface area contributed by atoms with E-state index in [1.165, 1.54) is 41.8 Å². The predicted molar refractivity (Wildman–Crippen MR) is 85.1 cm³/mol. The third kappa shape index (κ3) is 2.00. The van der Waals surface area contributed by atoms with Crippen LogP contribution in [0.15, 0.2) is 23.8 Å². The van der Waals surface area contributed by atoms with Crippen molar-refractivity contribution < 1.29 is 4.79 Å². The Balaban J connectivity index is 1.87. The molecule has 0 aromatic heterocycles. The van der Waals surface area contributed by atoms with Crippen LogP contribution in [-0.2, 0) is 11.2 Å². The lowest BCUT2D eigenvalue weighted by molar-refractivity contribution is -0.114. The molecule has 1 aromatic carbocycles. The number of ketones is 1. The van der Waals surface area contributed by atoms with Crippen molar-refractivity contribution in [2.45, 2.75) is 51.5 Å². The largest absolute Gasteiger partial charge is 0.296 e. The summed E-state index contributed by atoms with van der Waals surface area (Å²) in [5.41, 5.74) is 6.75. The number of Topliss-reactive ketones (excluding diaryl/α,β-unsaturated/α-hetero) is 1. The van der Waals surface area contributed by atoms with Gasteiger partial charge in [-0.1, -0.05) is 30.7 Å². The van der Waals surface area contributed by atoms with E-state index in [1.807, 2.05) is 0 Å². The van der Waals surface area contributed by atoms with Gasteiger partial charge in [0.2, 0.25) is 0 Å². The van der Waals surface area contributed by atoms with Gasteiger partial charge in [0, 0.05) is 24.6 Å². The number of hydrogen-bond donors (Lipinski definition) is 0. The molecule has 0 spiro atoms. The molecular formula is C19H23NO. The maximum atomic E-state index is 12.5. The zero-order chi connectivity index (χ0) is 14.4. The minimum absolute atomic E-state index is 0.385. The van der Waals surface area contributed by atoms with Crippen molar-refractivity contribution in [1.82, 2.24) is 4.90 Å². The SMILES string of the molecule is CCCN1CCc2cccc3c2C1CC1=C3C(=O)CCC1. The molecule has 0 N–H and O–H groups in total. The molecule has 1 aliphatic heterocycles. The van der Waals surface area contributed by atoms with Gasteiger partial charge in [-0.3, -0.25) is 9.69 Å². The number of carbonyl (C=O) groups is 1. The normalized spacial score (nSPS) is 24.8. The summed E-state index contributed by atoms with van der Waals surface area (Å²) in [6, 6.07) is 7.14. The summed E-state index contributed by atoms with van der Waals surface area (Å²) in [4.78, 5) is 15.1.